The van der Waals surface area contributed by atoms with Crippen LogP contribution in [0.25, 0.3) is 0 Å². The van der Waals surface area contributed by atoms with Crippen LogP contribution in [0.4, 0.5) is 21.9 Å². The lowest BCUT2D eigenvalue weighted by molar-refractivity contribution is -0.111. The number of fused-ring (bicyclic) bond motifs is 1. The number of nitrogens with one attached hydrogen (secondary N) is 2. The van der Waals surface area contributed by atoms with Crippen LogP contribution in [0, 0.1) is 9.49 Å². The minimum atomic E-state index is -0.731. The SMILES string of the molecule is C[C@H](CC/C=C/C(=O)Nc1ccccc1N)[C@H](OC(=O)Nc1ccc2c(c1)OCO2)c1cc(I)ccc1O. The Morgan fingerprint density at radius 1 is 1.11 bits per heavy atom. The number of nitrogen functional groups attached to an aromatic ring is 1. The highest BCUT2D eigenvalue weighted by atomic mass is 127. The lowest BCUT2D eigenvalue weighted by Crippen LogP contribution is -2.22. The minimum absolute atomic E-state index is 0.0357. The van der Waals surface area contributed by atoms with Crippen molar-refractivity contribution in [3.05, 3.63) is 81.9 Å². The number of hydrogen-bond acceptors (Lipinski definition) is 7. The summed E-state index contributed by atoms with van der Waals surface area (Å²) in [5.74, 6) is 0.705. The molecule has 38 heavy (non-hydrogen) atoms. The molecule has 0 spiro atoms. The van der Waals surface area contributed by atoms with Crippen molar-refractivity contribution in [1.82, 2.24) is 0 Å². The zero-order chi connectivity index (χ0) is 27.1. The Hall–Kier alpha value is -3.93. The number of amides is 2. The van der Waals surface area contributed by atoms with Crippen LogP contribution in [0.3, 0.4) is 0 Å². The number of aromatic hydroxyl groups is 1. The molecule has 9 nitrogen and oxygen atoms in total. The largest absolute Gasteiger partial charge is 0.508 e. The van der Waals surface area contributed by atoms with Crippen molar-refractivity contribution >= 4 is 51.7 Å². The van der Waals surface area contributed by atoms with Gasteiger partial charge in [0, 0.05) is 20.9 Å². The van der Waals surface area contributed by atoms with Crippen molar-refractivity contribution in [2.24, 2.45) is 5.92 Å². The summed E-state index contributed by atoms with van der Waals surface area (Å²) in [6.45, 7) is 2.06. The topological polar surface area (TPSA) is 132 Å². The number of hydrogen-bond donors (Lipinski definition) is 4. The first-order chi connectivity index (χ1) is 18.3. The van der Waals surface area contributed by atoms with Crippen molar-refractivity contribution in [1.29, 1.82) is 0 Å². The van der Waals surface area contributed by atoms with Crippen molar-refractivity contribution < 1.29 is 28.9 Å². The second kappa shape index (κ2) is 12.5. The van der Waals surface area contributed by atoms with E-state index in [-0.39, 0.29) is 24.4 Å². The Morgan fingerprint density at radius 2 is 1.89 bits per heavy atom. The molecule has 1 aliphatic heterocycles. The molecule has 0 saturated heterocycles. The Balaban J connectivity index is 1.40. The molecule has 0 saturated carbocycles. The van der Waals surface area contributed by atoms with E-state index in [0.29, 0.717) is 47.0 Å². The molecule has 0 aliphatic carbocycles. The van der Waals surface area contributed by atoms with Crippen LogP contribution in [0.5, 0.6) is 17.2 Å². The summed E-state index contributed by atoms with van der Waals surface area (Å²) >= 11 is 2.14. The molecular formula is C28H28IN3O6. The summed E-state index contributed by atoms with van der Waals surface area (Å²) in [5, 5.41) is 16.0. The van der Waals surface area contributed by atoms with Gasteiger partial charge in [0.05, 0.1) is 11.4 Å². The maximum absolute atomic E-state index is 12.9. The Morgan fingerprint density at radius 3 is 2.71 bits per heavy atom. The van der Waals surface area contributed by atoms with E-state index >= 15 is 0 Å². The van der Waals surface area contributed by atoms with E-state index in [9.17, 15) is 14.7 Å². The highest BCUT2D eigenvalue weighted by Crippen LogP contribution is 2.37. The van der Waals surface area contributed by atoms with Gasteiger partial charge in [0.15, 0.2) is 11.5 Å². The first kappa shape index (κ1) is 27.1. The van der Waals surface area contributed by atoms with Gasteiger partial charge in [-0.05, 0) is 89.9 Å². The summed E-state index contributed by atoms with van der Waals surface area (Å²) in [5.41, 5.74) is 7.90. The van der Waals surface area contributed by atoms with Crippen LogP contribution in [-0.4, -0.2) is 23.9 Å². The van der Waals surface area contributed by atoms with E-state index in [1.807, 2.05) is 6.92 Å². The van der Waals surface area contributed by atoms with Crippen LogP contribution in [0.15, 0.2) is 72.8 Å². The smallest absolute Gasteiger partial charge is 0.412 e. The molecule has 3 aromatic carbocycles. The standard InChI is InChI=1S/C28H28IN3O6/c1-17(6-2-5-9-26(34)32-22-8-4-3-7-21(22)30)27(20-14-18(29)10-12-23(20)33)38-28(35)31-19-11-13-24-25(15-19)37-16-36-24/h3-5,7-15,17,27,33H,2,6,16,30H2,1H3,(H,31,35)(H,32,34)/b9-5+/t17-,27+/m1/s1. The summed E-state index contributed by atoms with van der Waals surface area (Å²) in [4.78, 5) is 25.1. The number of nitrogens with two attached hydrogens (primary N) is 1. The summed E-state index contributed by atoms with van der Waals surface area (Å²) in [6.07, 6.45) is 2.93. The first-order valence-electron chi connectivity index (χ1n) is 12.0. The maximum Gasteiger partial charge on any atom is 0.412 e. The normalized spacial score (nSPS) is 13.6. The predicted molar refractivity (Wildman–Crippen MR) is 153 cm³/mol. The van der Waals surface area contributed by atoms with Gasteiger partial charge in [0.1, 0.15) is 11.9 Å². The second-order valence-corrected chi connectivity index (χ2v) is 10.0. The highest BCUT2D eigenvalue weighted by molar-refractivity contribution is 14.1. The molecule has 5 N–H and O–H groups in total. The van der Waals surface area contributed by atoms with Gasteiger partial charge in [0.2, 0.25) is 12.7 Å². The number of allylic oxidation sites excluding steroid dienone is 1. The number of phenols is 1. The molecule has 0 radical (unpaired) electrons. The van der Waals surface area contributed by atoms with E-state index in [1.54, 1.807) is 66.7 Å². The Kier molecular flexibility index (Phi) is 8.95. The lowest BCUT2D eigenvalue weighted by Gasteiger charge is -2.25. The fourth-order valence-corrected chi connectivity index (χ4v) is 4.48. The first-order valence-corrected chi connectivity index (χ1v) is 13.1. The number of halogens is 1. The number of rotatable bonds is 9. The quantitative estimate of drug-likeness (QED) is 0.126. The third-order valence-electron chi connectivity index (χ3n) is 5.94. The van der Waals surface area contributed by atoms with Gasteiger partial charge in [-0.25, -0.2) is 4.79 Å². The predicted octanol–water partition coefficient (Wildman–Crippen LogP) is 6.21. The molecule has 1 heterocycles. The van der Waals surface area contributed by atoms with Crippen molar-refractivity contribution in [3.8, 4) is 17.2 Å². The van der Waals surface area contributed by atoms with Gasteiger partial charge in [-0.1, -0.05) is 25.1 Å². The second-order valence-electron chi connectivity index (χ2n) is 8.76. The van der Waals surface area contributed by atoms with Crippen molar-refractivity contribution in [3.63, 3.8) is 0 Å². The molecule has 0 fully saturated rings. The third-order valence-corrected chi connectivity index (χ3v) is 6.61. The molecule has 198 valence electrons. The van der Waals surface area contributed by atoms with Crippen LogP contribution >= 0.6 is 22.6 Å². The third kappa shape index (κ3) is 7.09. The van der Waals surface area contributed by atoms with Crippen LogP contribution in [-0.2, 0) is 9.53 Å². The fraction of sp³-hybridized carbons (Fsp3) is 0.214. The van der Waals surface area contributed by atoms with Crippen molar-refractivity contribution in [2.45, 2.75) is 25.9 Å². The van der Waals surface area contributed by atoms with Gasteiger partial charge < -0.3 is 30.4 Å². The van der Waals surface area contributed by atoms with Crippen LogP contribution in [0.1, 0.15) is 31.4 Å². The van der Waals surface area contributed by atoms with E-state index in [2.05, 4.69) is 33.2 Å². The number of phenolic OH excluding ortho intramolecular Hbond substituents is 1. The van der Waals surface area contributed by atoms with Gasteiger partial charge >= 0.3 is 6.09 Å². The van der Waals surface area contributed by atoms with Gasteiger partial charge in [-0.2, -0.15) is 0 Å². The van der Waals surface area contributed by atoms with Crippen LogP contribution in [0.2, 0.25) is 0 Å². The summed E-state index contributed by atoms with van der Waals surface area (Å²) in [7, 11) is 0. The number of para-hydroxylation sites is 2. The molecule has 10 heteroatoms. The van der Waals surface area contributed by atoms with Gasteiger partial charge in [-0.3, -0.25) is 10.1 Å². The zero-order valence-electron chi connectivity index (χ0n) is 20.6. The average Bonchev–Trinajstić information content (AvgIpc) is 3.36. The van der Waals surface area contributed by atoms with E-state index in [0.717, 1.165) is 3.57 Å². The number of carbonyl (C=O) groups is 2. The Labute approximate surface area is 234 Å². The summed E-state index contributed by atoms with van der Waals surface area (Å²) < 4.78 is 17.4. The zero-order valence-corrected chi connectivity index (χ0v) is 22.8. The average molecular weight is 629 g/mol. The highest BCUT2D eigenvalue weighted by Gasteiger charge is 2.27. The number of ether oxygens (including phenoxy) is 3. The van der Waals surface area contributed by atoms with Crippen LogP contribution < -0.4 is 25.8 Å². The monoisotopic (exact) mass is 629 g/mol. The Bertz CT molecular complexity index is 1350. The van der Waals surface area contributed by atoms with E-state index in [1.165, 1.54) is 6.08 Å². The molecule has 4 rings (SSSR count). The number of benzene rings is 3. The fourth-order valence-electron chi connectivity index (χ4n) is 3.96. The molecule has 3 aromatic rings. The molecule has 2 atom stereocenters. The molecular weight excluding hydrogens is 601 g/mol. The molecule has 2 amide bonds. The number of anilines is 3. The van der Waals surface area contributed by atoms with Crippen molar-refractivity contribution in [2.75, 3.05) is 23.2 Å². The summed E-state index contributed by atoms with van der Waals surface area (Å²) in [6, 6.07) is 17.2. The minimum Gasteiger partial charge on any atom is -0.508 e. The van der Waals surface area contributed by atoms with Gasteiger partial charge in [-0.15, -0.1) is 0 Å². The van der Waals surface area contributed by atoms with Gasteiger partial charge in [0.25, 0.3) is 0 Å². The van der Waals surface area contributed by atoms with E-state index < -0.39 is 12.2 Å². The molecule has 0 aromatic heterocycles. The molecule has 0 bridgehead atoms. The maximum atomic E-state index is 12.9. The lowest BCUT2D eigenvalue weighted by atomic mass is 9.92. The molecule has 0 unspecified atom stereocenters. The number of carbonyl (C=O) groups excluding carboxylic acids is 2. The van der Waals surface area contributed by atoms with E-state index in [4.69, 9.17) is 19.9 Å². The molecule has 1 aliphatic rings.